The standard InChI is InChI=1S/C34H43FN6O4S/c1-4-29(42)38-30(34(45)41-16-14-40(3)15-17-41)21(2)23-10-11-27(26(35)18-23)37-33(44)31(22-8-6-5-7-9-22)39-32(43)25-20-46-28-12-13-36-19-24(25)28/h10-13,18-22,30-31H,4-9,14-17H2,1-3H3,(H,37,44)(H,38,42)(H,39,43)/t21-,30+,31-/m0/s1. The largest absolute Gasteiger partial charge is 0.344 e. The number of fused-ring (bicyclic) bond motifs is 1. The molecule has 3 heterocycles. The highest BCUT2D eigenvalue weighted by Crippen LogP contribution is 2.30. The van der Waals surface area contributed by atoms with Crippen molar-refractivity contribution in [3.8, 4) is 0 Å². The molecular formula is C34H43FN6O4S. The van der Waals surface area contributed by atoms with Crippen molar-refractivity contribution in [1.29, 1.82) is 0 Å². The average Bonchev–Trinajstić information content (AvgIpc) is 3.51. The van der Waals surface area contributed by atoms with Crippen molar-refractivity contribution < 1.29 is 23.6 Å². The summed E-state index contributed by atoms with van der Waals surface area (Å²) in [6.07, 6.45) is 8.10. The summed E-state index contributed by atoms with van der Waals surface area (Å²) >= 11 is 1.44. The molecule has 1 aliphatic carbocycles. The van der Waals surface area contributed by atoms with Crippen LogP contribution in [0.3, 0.4) is 0 Å². The van der Waals surface area contributed by atoms with Gasteiger partial charge in [-0.2, -0.15) is 0 Å². The predicted molar refractivity (Wildman–Crippen MR) is 177 cm³/mol. The molecule has 3 atom stereocenters. The van der Waals surface area contributed by atoms with Gasteiger partial charge in [0.25, 0.3) is 5.91 Å². The first-order valence-electron chi connectivity index (χ1n) is 16.1. The molecule has 1 aromatic carbocycles. The Hall–Kier alpha value is -3.90. The number of rotatable bonds is 10. The summed E-state index contributed by atoms with van der Waals surface area (Å²) < 4.78 is 16.6. The van der Waals surface area contributed by atoms with Gasteiger partial charge in [-0.25, -0.2) is 4.39 Å². The van der Waals surface area contributed by atoms with E-state index in [0.29, 0.717) is 24.2 Å². The first-order valence-corrected chi connectivity index (χ1v) is 17.0. The van der Waals surface area contributed by atoms with E-state index < -0.39 is 29.7 Å². The molecule has 2 fully saturated rings. The van der Waals surface area contributed by atoms with Crippen molar-refractivity contribution >= 4 is 50.7 Å². The number of nitrogens with zero attached hydrogens (tertiary/aromatic N) is 3. The number of carbonyl (C=O) groups is 4. The minimum absolute atomic E-state index is 0.0132. The molecule has 246 valence electrons. The van der Waals surface area contributed by atoms with Crippen LogP contribution in [0.1, 0.15) is 74.2 Å². The van der Waals surface area contributed by atoms with E-state index in [9.17, 15) is 19.2 Å². The molecule has 5 rings (SSSR count). The Morgan fingerprint density at radius 2 is 1.78 bits per heavy atom. The quantitative estimate of drug-likeness (QED) is 0.297. The lowest BCUT2D eigenvalue weighted by molar-refractivity contribution is -0.138. The first-order chi connectivity index (χ1) is 22.2. The summed E-state index contributed by atoms with van der Waals surface area (Å²) in [7, 11) is 2.00. The van der Waals surface area contributed by atoms with Gasteiger partial charge < -0.3 is 25.8 Å². The number of thiophene rings is 1. The zero-order valence-electron chi connectivity index (χ0n) is 26.7. The predicted octanol–water partition coefficient (Wildman–Crippen LogP) is 4.53. The van der Waals surface area contributed by atoms with Crippen molar-refractivity contribution in [2.45, 2.75) is 70.4 Å². The van der Waals surface area contributed by atoms with Gasteiger partial charge in [-0.05, 0) is 49.6 Å². The molecule has 2 aliphatic rings. The Balaban J connectivity index is 1.33. The molecular weight excluding hydrogens is 607 g/mol. The SMILES string of the molecule is CCC(=O)N[C@@H](C(=O)N1CCN(C)CC1)[C@@H](C)c1ccc(NC(=O)[C@@H](NC(=O)c2csc3ccncc23)C2CCCCC2)c(F)c1. The fraction of sp³-hybridized carbons (Fsp3) is 0.500. The van der Waals surface area contributed by atoms with Gasteiger partial charge in [-0.15, -0.1) is 11.3 Å². The van der Waals surface area contributed by atoms with Gasteiger partial charge in [0.15, 0.2) is 0 Å². The van der Waals surface area contributed by atoms with Crippen LogP contribution in [0.4, 0.5) is 10.1 Å². The Bertz CT molecular complexity index is 1570. The minimum Gasteiger partial charge on any atom is -0.344 e. The molecule has 46 heavy (non-hydrogen) atoms. The lowest BCUT2D eigenvalue weighted by atomic mass is 9.83. The third kappa shape index (κ3) is 7.72. The van der Waals surface area contributed by atoms with Crippen molar-refractivity contribution in [3.63, 3.8) is 0 Å². The number of aromatic nitrogens is 1. The first kappa shape index (κ1) is 33.5. The van der Waals surface area contributed by atoms with Crippen LogP contribution in [0, 0.1) is 11.7 Å². The van der Waals surface area contributed by atoms with E-state index in [1.165, 1.54) is 23.5 Å². The molecule has 1 aliphatic heterocycles. The molecule has 2 aromatic heterocycles. The van der Waals surface area contributed by atoms with Gasteiger partial charge in [0, 0.05) is 66.4 Å². The topological polar surface area (TPSA) is 124 Å². The summed E-state index contributed by atoms with van der Waals surface area (Å²) in [5.74, 6) is -2.55. The second-order valence-corrected chi connectivity index (χ2v) is 13.3. The molecule has 0 radical (unpaired) electrons. The number of piperazine rings is 1. The second-order valence-electron chi connectivity index (χ2n) is 12.4. The fourth-order valence-corrected chi connectivity index (χ4v) is 7.26. The van der Waals surface area contributed by atoms with Gasteiger partial charge in [0.2, 0.25) is 17.7 Å². The van der Waals surface area contributed by atoms with E-state index in [0.717, 1.165) is 55.3 Å². The minimum atomic E-state index is -0.857. The van der Waals surface area contributed by atoms with Crippen LogP contribution < -0.4 is 16.0 Å². The summed E-state index contributed by atoms with van der Waals surface area (Å²) in [5, 5.41) is 11.0. The van der Waals surface area contributed by atoms with Crippen LogP contribution in [-0.4, -0.2) is 83.7 Å². The Labute approximate surface area is 273 Å². The lowest BCUT2D eigenvalue weighted by Gasteiger charge is -2.36. The Morgan fingerprint density at radius 3 is 2.48 bits per heavy atom. The molecule has 10 nitrogen and oxygen atoms in total. The highest BCUT2D eigenvalue weighted by Gasteiger charge is 2.34. The van der Waals surface area contributed by atoms with Crippen LogP contribution >= 0.6 is 11.3 Å². The van der Waals surface area contributed by atoms with Crippen LogP contribution in [0.15, 0.2) is 42.0 Å². The lowest BCUT2D eigenvalue weighted by Crippen LogP contribution is -2.55. The number of halogens is 1. The third-order valence-corrected chi connectivity index (χ3v) is 10.3. The van der Waals surface area contributed by atoms with Crippen LogP contribution in [0.25, 0.3) is 10.1 Å². The van der Waals surface area contributed by atoms with E-state index in [-0.39, 0.29) is 35.7 Å². The van der Waals surface area contributed by atoms with E-state index >= 15 is 4.39 Å². The summed E-state index contributed by atoms with van der Waals surface area (Å²) in [6, 6.07) is 4.61. The Kier molecular flexibility index (Phi) is 11.0. The van der Waals surface area contributed by atoms with Gasteiger partial charge in [-0.1, -0.05) is 39.2 Å². The maximum Gasteiger partial charge on any atom is 0.253 e. The third-order valence-electron chi connectivity index (χ3n) is 9.31. The van der Waals surface area contributed by atoms with E-state index in [1.54, 1.807) is 42.6 Å². The molecule has 1 saturated carbocycles. The molecule has 0 bridgehead atoms. The van der Waals surface area contributed by atoms with Gasteiger partial charge in [-0.3, -0.25) is 24.2 Å². The molecule has 3 N–H and O–H groups in total. The van der Waals surface area contributed by atoms with E-state index in [2.05, 4.69) is 25.8 Å². The average molecular weight is 651 g/mol. The number of carbonyl (C=O) groups excluding carboxylic acids is 4. The number of likely N-dealkylation sites (N-methyl/N-ethyl adjacent to an activating group) is 1. The number of nitrogens with one attached hydrogen (secondary N) is 3. The monoisotopic (exact) mass is 650 g/mol. The number of benzene rings is 1. The van der Waals surface area contributed by atoms with Crippen LogP contribution in [0.2, 0.25) is 0 Å². The zero-order valence-corrected chi connectivity index (χ0v) is 27.5. The van der Waals surface area contributed by atoms with E-state index in [4.69, 9.17) is 0 Å². The number of amides is 4. The molecule has 4 amide bonds. The van der Waals surface area contributed by atoms with Gasteiger partial charge in [0.05, 0.1) is 11.3 Å². The number of anilines is 1. The number of pyridine rings is 1. The van der Waals surface area contributed by atoms with Crippen LogP contribution in [-0.2, 0) is 14.4 Å². The number of hydrogen-bond donors (Lipinski definition) is 3. The Morgan fingerprint density at radius 1 is 1.04 bits per heavy atom. The summed E-state index contributed by atoms with van der Waals surface area (Å²) in [6.45, 7) is 6.09. The molecule has 0 unspecified atom stereocenters. The summed E-state index contributed by atoms with van der Waals surface area (Å²) in [4.78, 5) is 61.1. The van der Waals surface area contributed by atoms with Crippen LogP contribution in [0.5, 0.6) is 0 Å². The van der Waals surface area contributed by atoms with Crippen molar-refractivity contribution in [1.82, 2.24) is 25.4 Å². The smallest absolute Gasteiger partial charge is 0.253 e. The van der Waals surface area contributed by atoms with Crippen molar-refractivity contribution in [2.75, 3.05) is 38.5 Å². The van der Waals surface area contributed by atoms with Crippen molar-refractivity contribution in [3.05, 3.63) is 59.0 Å². The molecule has 12 heteroatoms. The van der Waals surface area contributed by atoms with Gasteiger partial charge in [0.1, 0.15) is 17.9 Å². The number of hydrogen-bond acceptors (Lipinski definition) is 7. The summed E-state index contributed by atoms with van der Waals surface area (Å²) in [5.41, 5.74) is 0.970. The molecule has 1 saturated heterocycles. The van der Waals surface area contributed by atoms with E-state index in [1.807, 2.05) is 13.1 Å². The maximum atomic E-state index is 15.6. The van der Waals surface area contributed by atoms with Gasteiger partial charge >= 0.3 is 0 Å². The normalized spacial score (nSPS) is 18.0. The van der Waals surface area contributed by atoms with Crippen molar-refractivity contribution in [2.24, 2.45) is 5.92 Å². The molecule has 0 spiro atoms. The zero-order chi connectivity index (χ0) is 32.8. The highest BCUT2D eigenvalue weighted by molar-refractivity contribution is 7.17. The fourth-order valence-electron chi connectivity index (χ4n) is 6.35. The maximum absolute atomic E-state index is 15.6. The molecule has 3 aromatic rings. The second kappa shape index (κ2) is 15.1. The highest BCUT2D eigenvalue weighted by atomic mass is 32.1.